The maximum Gasteiger partial charge on any atom is 0.418 e. The zero-order valence-corrected chi connectivity index (χ0v) is 46.2. The van der Waals surface area contributed by atoms with Gasteiger partial charge in [0.2, 0.25) is 0 Å². The number of halogens is 8. The molecule has 5 heterocycles. The fourth-order valence-electron chi connectivity index (χ4n) is 7.67. The lowest BCUT2D eigenvalue weighted by molar-refractivity contribution is -0.136. The van der Waals surface area contributed by atoms with E-state index in [1.807, 2.05) is 62.3 Å². The predicted molar refractivity (Wildman–Crippen MR) is 288 cm³/mol. The van der Waals surface area contributed by atoms with Crippen LogP contribution in [0.15, 0.2) is 66.7 Å². The van der Waals surface area contributed by atoms with Gasteiger partial charge in [0.15, 0.2) is 23.3 Å². The van der Waals surface area contributed by atoms with Crippen molar-refractivity contribution in [3.63, 3.8) is 0 Å². The molecule has 0 aliphatic rings. The van der Waals surface area contributed by atoms with Gasteiger partial charge in [-0.1, -0.05) is 115 Å². The second-order valence-corrected chi connectivity index (χ2v) is 23.5. The van der Waals surface area contributed by atoms with E-state index in [2.05, 4.69) is 136 Å². The Hall–Kier alpha value is -7.11. The summed E-state index contributed by atoms with van der Waals surface area (Å²) >= 11 is 0. The highest BCUT2D eigenvalue weighted by Gasteiger charge is 2.34. The highest BCUT2D eigenvalue weighted by molar-refractivity contribution is 5.81. The van der Waals surface area contributed by atoms with Gasteiger partial charge in [0.1, 0.15) is 51.5 Å². The van der Waals surface area contributed by atoms with Crippen molar-refractivity contribution in [1.82, 2.24) is 49.8 Å². The second-order valence-electron chi connectivity index (χ2n) is 23.5. The molecular formula is C58H68F8N10. The topological polar surface area (TPSA) is 143 Å². The maximum absolute atomic E-state index is 13.4. The van der Waals surface area contributed by atoms with E-state index in [1.165, 1.54) is 28.8 Å². The molecule has 76 heavy (non-hydrogen) atoms. The molecule has 0 bridgehead atoms. The van der Waals surface area contributed by atoms with Crippen molar-refractivity contribution < 1.29 is 35.1 Å². The molecule has 0 saturated carbocycles. The van der Waals surface area contributed by atoms with Crippen molar-refractivity contribution in [2.75, 3.05) is 0 Å². The molecule has 0 fully saturated rings. The molecule has 10 rings (SSSR count). The Labute approximate surface area is 437 Å². The Morgan fingerprint density at radius 1 is 0.421 bits per heavy atom. The van der Waals surface area contributed by atoms with E-state index in [4.69, 9.17) is 0 Å². The SMILES string of the molecule is CC(C)(C)c1nc2c(C(F)(F)F)cccc2[nH]1.CC(C)(C)c1nc2c(F)c(F)c(F)cc2[nH]1.CC(C)(C)c1nc2c(F)cc(F)cc2[nH]1.Cc1cc(C)c2nc(C(C)(C)C)[nH]c2c1.Cc1ccc2nc(C(C)C)[nH]c2c1. The lowest BCUT2D eigenvalue weighted by Gasteiger charge is -2.13. The van der Waals surface area contributed by atoms with E-state index in [9.17, 15) is 35.1 Å². The van der Waals surface area contributed by atoms with Crippen LogP contribution in [0.3, 0.4) is 0 Å². The molecule has 0 radical (unpaired) electrons. The number of H-pyrrole nitrogens is 5. The molecule has 0 saturated heterocycles. The number of para-hydroxylation sites is 1. The third-order valence-electron chi connectivity index (χ3n) is 11.9. The standard InChI is InChI=1S/C13H18N2.C12H13F3N2.C11H11F3N2.C11H12F2N2.C11H14N2/c1-8-6-9(2)11-10(7-8)14-12(15-11)13(3,4)5;1-11(2,3)10-16-8-6-4-5-7(9(8)17-10)12(13,14)15;1-11(2,3)10-15-6-4-5(12)7(13)8(14)9(6)16-10;1-11(2,3)10-14-8-5-6(12)4-7(13)9(8)15-10;1-7(2)11-12-9-5-4-8(3)6-10(9)13-11/h6-7H,1-5H3,(H,14,15);4-6H,1-3H3,(H,16,17);4H,1-3H3,(H,15,16);4-5H,1-3H3,(H,14,15);4-7H,1-3H3,(H,12,13). The van der Waals surface area contributed by atoms with Crippen molar-refractivity contribution in [2.45, 2.75) is 151 Å². The average molecular weight is 1060 g/mol. The summed E-state index contributed by atoms with van der Waals surface area (Å²) in [4.78, 5) is 36.7. The van der Waals surface area contributed by atoms with Gasteiger partial charge in [-0.15, -0.1) is 0 Å². The first-order chi connectivity index (χ1) is 34.9. The van der Waals surface area contributed by atoms with Crippen LogP contribution in [0, 0.1) is 49.9 Å². The number of rotatable bonds is 1. The lowest BCUT2D eigenvalue weighted by atomic mass is 9.96. The minimum absolute atomic E-state index is 0.00933. The minimum Gasteiger partial charge on any atom is -0.342 e. The zero-order valence-electron chi connectivity index (χ0n) is 46.2. The molecule has 0 spiro atoms. The predicted octanol–water partition coefficient (Wildman–Crippen LogP) is 16.8. The highest BCUT2D eigenvalue weighted by Crippen LogP contribution is 2.35. The third-order valence-corrected chi connectivity index (χ3v) is 11.9. The van der Waals surface area contributed by atoms with Crippen molar-refractivity contribution in [2.24, 2.45) is 0 Å². The molecule has 0 amide bonds. The van der Waals surface area contributed by atoms with E-state index in [0.29, 0.717) is 34.4 Å². The lowest BCUT2D eigenvalue weighted by Crippen LogP contribution is -2.13. The van der Waals surface area contributed by atoms with Crippen LogP contribution in [-0.4, -0.2) is 49.8 Å². The summed E-state index contributed by atoms with van der Waals surface area (Å²) < 4.78 is 104. The Bertz CT molecular complexity index is 3560. The highest BCUT2D eigenvalue weighted by atomic mass is 19.4. The molecule has 10 nitrogen and oxygen atoms in total. The van der Waals surface area contributed by atoms with Crippen LogP contribution in [0.25, 0.3) is 55.2 Å². The summed E-state index contributed by atoms with van der Waals surface area (Å²) in [5.74, 6) is -0.867. The normalized spacial score (nSPS) is 12.4. The van der Waals surface area contributed by atoms with Crippen LogP contribution in [0.1, 0.15) is 154 Å². The summed E-state index contributed by atoms with van der Waals surface area (Å²) in [6, 6.07) is 17.7. The molecule has 0 unspecified atom stereocenters. The van der Waals surface area contributed by atoms with Crippen LogP contribution in [-0.2, 0) is 27.8 Å². The van der Waals surface area contributed by atoms with E-state index >= 15 is 0 Å². The second kappa shape index (κ2) is 21.5. The van der Waals surface area contributed by atoms with E-state index < -0.39 is 40.8 Å². The maximum atomic E-state index is 13.4. The summed E-state index contributed by atoms with van der Waals surface area (Å²) in [6.07, 6.45) is -4.37. The molecule has 5 aromatic carbocycles. The number of fused-ring (bicyclic) bond motifs is 5. The van der Waals surface area contributed by atoms with Gasteiger partial charge in [0, 0.05) is 39.7 Å². The number of hydrogen-bond acceptors (Lipinski definition) is 5. The van der Waals surface area contributed by atoms with E-state index in [0.717, 1.165) is 51.9 Å². The number of aromatic nitrogens is 10. The molecule has 0 aliphatic carbocycles. The number of hydrogen-bond donors (Lipinski definition) is 5. The van der Waals surface area contributed by atoms with Gasteiger partial charge < -0.3 is 24.9 Å². The number of nitrogens with one attached hydrogen (secondary N) is 5. The van der Waals surface area contributed by atoms with Gasteiger partial charge in [-0.05, 0) is 73.9 Å². The molecule has 0 aliphatic heterocycles. The molecule has 406 valence electrons. The van der Waals surface area contributed by atoms with Crippen molar-refractivity contribution in [3.8, 4) is 0 Å². The summed E-state index contributed by atoms with van der Waals surface area (Å²) in [7, 11) is 0. The molecule has 18 heteroatoms. The Balaban J connectivity index is 0.000000155. The number of aryl methyl sites for hydroxylation is 3. The largest absolute Gasteiger partial charge is 0.418 e. The van der Waals surface area contributed by atoms with Gasteiger partial charge in [0.05, 0.1) is 44.2 Å². The number of benzene rings is 5. The van der Waals surface area contributed by atoms with Gasteiger partial charge in [-0.3, -0.25) is 0 Å². The first-order valence-corrected chi connectivity index (χ1v) is 24.8. The minimum atomic E-state index is -4.37. The Morgan fingerprint density at radius 2 is 0.895 bits per heavy atom. The fraction of sp³-hybridized carbons (Fsp3) is 0.397. The number of alkyl halides is 3. The number of nitrogens with zero attached hydrogens (tertiary/aromatic N) is 5. The van der Waals surface area contributed by atoms with Gasteiger partial charge >= 0.3 is 6.18 Å². The fourth-order valence-corrected chi connectivity index (χ4v) is 7.67. The van der Waals surface area contributed by atoms with Crippen LogP contribution in [0.4, 0.5) is 35.1 Å². The average Bonchev–Trinajstić information content (AvgIpc) is 4.13. The van der Waals surface area contributed by atoms with Crippen LogP contribution in [0.5, 0.6) is 0 Å². The van der Waals surface area contributed by atoms with Gasteiger partial charge in [-0.2, -0.15) is 13.2 Å². The Morgan fingerprint density at radius 3 is 1.42 bits per heavy atom. The first kappa shape index (κ1) is 58.2. The van der Waals surface area contributed by atoms with Crippen molar-refractivity contribution in [3.05, 3.63) is 147 Å². The van der Waals surface area contributed by atoms with Crippen LogP contribution < -0.4 is 0 Å². The van der Waals surface area contributed by atoms with Crippen molar-refractivity contribution in [1.29, 1.82) is 0 Å². The molecule has 5 N–H and O–H groups in total. The number of aromatic amines is 5. The quantitative estimate of drug-likeness (QED) is 0.0822. The van der Waals surface area contributed by atoms with Crippen molar-refractivity contribution >= 4 is 55.2 Å². The number of imidazole rings is 5. The zero-order chi connectivity index (χ0) is 56.8. The van der Waals surface area contributed by atoms with Gasteiger partial charge in [-0.25, -0.2) is 46.9 Å². The van der Waals surface area contributed by atoms with Gasteiger partial charge in [0.25, 0.3) is 0 Å². The van der Waals surface area contributed by atoms with E-state index in [1.54, 1.807) is 6.07 Å². The smallest absolute Gasteiger partial charge is 0.342 e. The monoisotopic (exact) mass is 1060 g/mol. The van der Waals surface area contributed by atoms with Crippen LogP contribution in [0.2, 0.25) is 0 Å². The first-order valence-electron chi connectivity index (χ1n) is 24.8. The molecular weight excluding hydrogens is 989 g/mol. The molecule has 0 atom stereocenters. The molecule has 10 aromatic rings. The Kier molecular flexibility index (Phi) is 16.4. The third kappa shape index (κ3) is 13.6. The van der Waals surface area contributed by atoms with Crippen LogP contribution >= 0.6 is 0 Å². The summed E-state index contributed by atoms with van der Waals surface area (Å²) in [5, 5.41) is 0. The molecule has 5 aromatic heterocycles. The van der Waals surface area contributed by atoms with E-state index in [-0.39, 0.29) is 43.7 Å². The summed E-state index contributed by atoms with van der Waals surface area (Å²) in [5.41, 5.74) is 7.82. The summed E-state index contributed by atoms with van der Waals surface area (Å²) in [6.45, 7) is 34.3.